The number of carbonyl (C=O) groups is 3. The minimum absolute atomic E-state index is 0.211. The molecule has 0 radical (unpaired) electrons. The highest BCUT2D eigenvalue weighted by molar-refractivity contribution is 8.02. The van der Waals surface area contributed by atoms with Gasteiger partial charge in [0, 0.05) is 38.1 Å². The van der Waals surface area contributed by atoms with Crippen molar-refractivity contribution in [3.63, 3.8) is 0 Å². The lowest BCUT2D eigenvalue weighted by Gasteiger charge is -2.42. The Hall–Kier alpha value is -2.22. The smallest absolute Gasteiger partial charge is 0.409 e. The van der Waals surface area contributed by atoms with Crippen LogP contribution >= 0.6 is 11.8 Å². The highest BCUT2D eigenvalue weighted by Crippen LogP contribution is 2.45. The van der Waals surface area contributed by atoms with Crippen molar-refractivity contribution in [2.45, 2.75) is 23.5 Å². The minimum Gasteiger partial charge on any atom is -0.450 e. The van der Waals surface area contributed by atoms with Gasteiger partial charge >= 0.3 is 6.09 Å². The molecule has 1 fully saturated rings. The molecule has 7 nitrogen and oxygen atoms in total. The van der Waals surface area contributed by atoms with Crippen LogP contribution in [0.3, 0.4) is 0 Å². The molecule has 1 unspecified atom stereocenters. The zero-order valence-electron chi connectivity index (χ0n) is 15.2. The molecule has 1 aromatic carbocycles. The Balaban J connectivity index is 1.74. The number of ether oxygens (including phenoxy) is 1. The summed E-state index contributed by atoms with van der Waals surface area (Å²) in [5, 5.41) is 0. The van der Waals surface area contributed by atoms with Gasteiger partial charge in [0.25, 0.3) is 5.91 Å². The first-order chi connectivity index (χ1) is 12.4. The zero-order valence-corrected chi connectivity index (χ0v) is 16.0. The van der Waals surface area contributed by atoms with Crippen molar-refractivity contribution >= 4 is 35.4 Å². The molecule has 0 aliphatic carbocycles. The molecule has 1 saturated heterocycles. The van der Waals surface area contributed by atoms with Crippen molar-refractivity contribution in [1.82, 2.24) is 9.80 Å². The number of rotatable bonds is 2. The number of hydrogen-bond acceptors (Lipinski definition) is 5. The van der Waals surface area contributed by atoms with E-state index in [9.17, 15) is 14.4 Å². The van der Waals surface area contributed by atoms with Gasteiger partial charge in [-0.05, 0) is 26.0 Å². The van der Waals surface area contributed by atoms with Crippen LogP contribution in [0.4, 0.5) is 10.5 Å². The number of nitrogens with zero attached hydrogens (tertiary/aromatic N) is 3. The fourth-order valence-corrected chi connectivity index (χ4v) is 4.59. The third kappa shape index (κ3) is 3.13. The average molecular weight is 377 g/mol. The molecular weight excluding hydrogens is 354 g/mol. The van der Waals surface area contributed by atoms with Crippen molar-refractivity contribution in [3.8, 4) is 0 Å². The molecule has 8 heteroatoms. The Morgan fingerprint density at radius 3 is 2.42 bits per heavy atom. The molecule has 0 bridgehead atoms. The fraction of sp³-hybridized carbons (Fsp3) is 0.500. The van der Waals surface area contributed by atoms with Gasteiger partial charge in [-0.15, -0.1) is 0 Å². The van der Waals surface area contributed by atoms with Gasteiger partial charge in [0.15, 0.2) is 4.75 Å². The molecule has 1 aromatic rings. The normalized spacial score (nSPS) is 22.9. The van der Waals surface area contributed by atoms with Gasteiger partial charge < -0.3 is 19.4 Å². The lowest BCUT2D eigenvalue weighted by molar-refractivity contribution is -0.139. The molecule has 3 rings (SSSR count). The summed E-state index contributed by atoms with van der Waals surface area (Å²) in [6.45, 7) is 5.38. The Morgan fingerprint density at radius 1 is 1.15 bits per heavy atom. The summed E-state index contributed by atoms with van der Waals surface area (Å²) in [6.07, 6.45) is -0.359. The summed E-state index contributed by atoms with van der Waals surface area (Å²) in [5.74, 6) is -0.434. The first-order valence-corrected chi connectivity index (χ1v) is 9.47. The van der Waals surface area contributed by atoms with Gasteiger partial charge in [-0.2, -0.15) is 0 Å². The highest BCUT2D eigenvalue weighted by atomic mass is 32.2. The Kier molecular flexibility index (Phi) is 5.13. The second kappa shape index (κ2) is 7.19. The van der Waals surface area contributed by atoms with E-state index < -0.39 is 4.75 Å². The van der Waals surface area contributed by atoms with E-state index in [2.05, 4.69) is 0 Å². The van der Waals surface area contributed by atoms with Crippen molar-refractivity contribution in [2.75, 3.05) is 44.7 Å². The first-order valence-electron chi connectivity index (χ1n) is 8.65. The van der Waals surface area contributed by atoms with Crippen molar-refractivity contribution < 1.29 is 19.1 Å². The quantitative estimate of drug-likeness (QED) is 0.735. The van der Waals surface area contributed by atoms with E-state index in [-0.39, 0.29) is 17.9 Å². The van der Waals surface area contributed by atoms with Crippen LogP contribution in [0.15, 0.2) is 29.2 Å². The van der Waals surface area contributed by atoms with E-state index in [1.165, 1.54) is 11.8 Å². The van der Waals surface area contributed by atoms with Crippen LogP contribution in [0.25, 0.3) is 0 Å². The second-order valence-electron chi connectivity index (χ2n) is 6.45. The maximum atomic E-state index is 13.2. The van der Waals surface area contributed by atoms with E-state index in [4.69, 9.17) is 4.74 Å². The molecule has 140 valence electrons. The van der Waals surface area contributed by atoms with Crippen LogP contribution in [0.1, 0.15) is 13.8 Å². The standard InChI is InChI=1S/C18H23N3O4S/c1-4-25-17(24)21-11-9-20(10-12-21)16(23)18(2)15(22)19(3)13-7-5-6-8-14(13)26-18/h5-8H,4,9-12H2,1-3H3. The van der Waals surface area contributed by atoms with Crippen molar-refractivity contribution in [3.05, 3.63) is 24.3 Å². The average Bonchev–Trinajstić information content (AvgIpc) is 2.66. The van der Waals surface area contributed by atoms with E-state index in [1.807, 2.05) is 24.3 Å². The number of thioether (sulfide) groups is 1. The Bertz CT molecular complexity index is 733. The Morgan fingerprint density at radius 2 is 1.77 bits per heavy atom. The van der Waals surface area contributed by atoms with Crippen LogP contribution < -0.4 is 4.90 Å². The third-order valence-electron chi connectivity index (χ3n) is 4.75. The summed E-state index contributed by atoms with van der Waals surface area (Å²) in [4.78, 5) is 43.6. The SMILES string of the molecule is CCOC(=O)N1CCN(C(=O)C2(C)Sc3ccccc3N(C)C2=O)CC1. The van der Waals surface area contributed by atoms with Crippen molar-refractivity contribution in [1.29, 1.82) is 0 Å². The van der Waals surface area contributed by atoms with Crippen LogP contribution in [0, 0.1) is 0 Å². The van der Waals surface area contributed by atoms with Crippen LogP contribution in [0.2, 0.25) is 0 Å². The molecule has 0 spiro atoms. The summed E-state index contributed by atoms with van der Waals surface area (Å²) < 4.78 is 3.80. The van der Waals surface area contributed by atoms with E-state index in [0.29, 0.717) is 32.8 Å². The molecular formula is C18H23N3O4S. The molecule has 2 heterocycles. The Labute approximate surface area is 157 Å². The molecule has 2 aliphatic heterocycles. The minimum atomic E-state index is -1.20. The maximum absolute atomic E-state index is 13.2. The molecule has 0 aromatic heterocycles. The van der Waals surface area contributed by atoms with Gasteiger partial charge in [-0.1, -0.05) is 23.9 Å². The number of piperazine rings is 1. The lowest BCUT2D eigenvalue weighted by Crippen LogP contribution is -2.60. The van der Waals surface area contributed by atoms with Crippen LogP contribution in [-0.2, 0) is 14.3 Å². The topological polar surface area (TPSA) is 70.2 Å². The molecule has 3 amide bonds. The number of anilines is 1. The van der Waals surface area contributed by atoms with E-state index >= 15 is 0 Å². The predicted molar refractivity (Wildman–Crippen MR) is 99.3 cm³/mol. The third-order valence-corrected chi connectivity index (χ3v) is 6.08. The van der Waals surface area contributed by atoms with Crippen LogP contribution in [-0.4, -0.2) is 72.3 Å². The first kappa shape index (κ1) is 18.6. The largest absolute Gasteiger partial charge is 0.450 e. The van der Waals surface area contributed by atoms with Gasteiger partial charge in [0.05, 0.1) is 12.3 Å². The maximum Gasteiger partial charge on any atom is 0.409 e. The highest BCUT2D eigenvalue weighted by Gasteiger charge is 2.50. The fourth-order valence-electron chi connectivity index (χ4n) is 3.26. The number of benzene rings is 1. The monoisotopic (exact) mass is 377 g/mol. The summed E-state index contributed by atoms with van der Waals surface area (Å²) in [6, 6.07) is 7.58. The summed E-state index contributed by atoms with van der Waals surface area (Å²) in [7, 11) is 1.70. The predicted octanol–water partition coefficient (Wildman–Crippen LogP) is 1.81. The number of para-hydroxylation sites is 1. The molecule has 0 N–H and O–H groups in total. The lowest BCUT2D eigenvalue weighted by atomic mass is 10.1. The molecule has 26 heavy (non-hydrogen) atoms. The van der Waals surface area contributed by atoms with Gasteiger partial charge in [-0.25, -0.2) is 4.79 Å². The van der Waals surface area contributed by atoms with Crippen LogP contribution in [0.5, 0.6) is 0 Å². The van der Waals surface area contributed by atoms with Gasteiger partial charge in [0.1, 0.15) is 0 Å². The number of amides is 3. The van der Waals surface area contributed by atoms with Gasteiger partial charge in [0.2, 0.25) is 5.91 Å². The molecule has 2 aliphatic rings. The zero-order chi connectivity index (χ0) is 18.9. The molecule has 1 atom stereocenters. The van der Waals surface area contributed by atoms with E-state index in [0.717, 1.165) is 10.6 Å². The van der Waals surface area contributed by atoms with Gasteiger partial charge in [-0.3, -0.25) is 9.59 Å². The second-order valence-corrected chi connectivity index (χ2v) is 7.91. The summed E-state index contributed by atoms with van der Waals surface area (Å²) in [5.41, 5.74) is 0.819. The van der Waals surface area contributed by atoms with Crippen molar-refractivity contribution in [2.24, 2.45) is 0 Å². The van der Waals surface area contributed by atoms with E-state index in [1.54, 1.807) is 35.6 Å². The number of carbonyl (C=O) groups excluding carboxylic acids is 3. The summed E-state index contributed by atoms with van der Waals surface area (Å²) >= 11 is 1.30. The number of hydrogen-bond donors (Lipinski definition) is 0. The molecule has 0 saturated carbocycles. The number of fused-ring (bicyclic) bond motifs is 1.